The molecule has 134 valence electrons. The van der Waals surface area contributed by atoms with E-state index in [9.17, 15) is 19.7 Å². The van der Waals surface area contributed by atoms with Crippen LogP contribution in [0.1, 0.15) is 35.3 Å². The minimum atomic E-state index is -1.77. The summed E-state index contributed by atoms with van der Waals surface area (Å²) in [6.45, 7) is 2.90. The van der Waals surface area contributed by atoms with Gasteiger partial charge in [-0.3, -0.25) is 19.7 Å². The summed E-state index contributed by atoms with van der Waals surface area (Å²) < 4.78 is 0. The molecule has 0 heterocycles. The highest BCUT2D eigenvalue weighted by molar-refractivity contribution is 6.18. The fourth-order valence-electron chi connectivity index (χ4n) is 3.53. The van der Waals surface area contributed by atoms with Crippen LogP contribution in [0.4, 0.5) is 0 Å². The Morgan fingerprint density at radius 3 is 2.38 bits per heavy atom. The first-order valence-electron chi connectivity index (χ1n) is 8.40. The Morgan fingerprint density at radius 1 is 1.15 bits per heavy atom. The van der Waals surface area contributed by atoms with Crippen molar-refractivity contribution in [3.8, 4) is 0 Å². The lowest BCUT2D eigenvalue weighted by Crippen LogP contribution is -2.61. The number of carbonyl (C=O) groups is 2. The number of rotatable bonds is 5. The molecule has 6 heteroatoms. The number of benzene rings is 2. The summed E-state index contributed by atoms with van der Waals surface area (Å²) in [5.74, 6) is -1.09. The lowest BCUT2D eigenvalue weighted by Gasteiger charge is -2.34. The molecule has 1 atom stereocenters. The van der Waals surface area contributed by atoms with Gasteiger partial charge < -0.3 is 5.32 Å². The number of carbonyl (C=O) groups excluding carboxylic acids is 2. The molecule has 0 aromatic heterocycles. The van der Waals surface area contributed by atoms with Crippen molar-refractivity contribution in [1.82, 2.24) is 5.32 Å². The SMILES string of the molecule is CC(C)([N+](=O)[O-])C1(C(=O)NCc2ccccc2)Cc2ccccc2C1=O. The summed E-state index contributed by atoms with van der Waals surface area (Å²) in [4.78, 5) is 37.5. The Morgan fingerprint density at radius 2 is 1.77 bits per heavy atom. The zero-order valence-electron chi connectivity index (χ0n) is 14.7. The van der Waals surface area contributed by atoms with Gasteiger partial charge in [0, 0.05) is 37.3 Å². The van der Waals surface area contributed by atoms with Gasteiger partial charge in [0.1, 0.15) is 0 Å². The molecule has 0 radical (unpaired) electrons. The van der Waals surface area contributed by atoms with Crippen molar-refractivity contribution in [3.05, 3.63) is 81.4 Å². The second-order valence-corrected chi connectivity index (χ2v) is 7.05. The molecule has 2 aromatic carbocycles. The molecule has 0 saturated carbocycles. The van der Waals surface area contributed by atoms with E-state index >= 15 is 0 Å². The Hall–Kier alpha value is -3.02. The van der Waals surface area contributed by atoms with Crippen LogP contribution in [0, 0.1) is 15.5 Å². The Balaban J connectivity index is 1.99. The molecular weight excluding hydrogens is 332 g/mol. The standard InChI is InChI=1S/C20H20N2O4/c1-19(2,22(25)26)20(12-15-10-6-7-11-16(15)17(20)23)18(24)21-13-14-8-4-3-5-9-14/h3-11H,12-13H2,1-2H3,(H,21,24). The van der Waals surface area contributed by atoms with Gasteiger partial charge >= 0.3 is 0 Å². The fraction of sp³-hybridized carbons (Fsp3) is 0.300. The van der Waals surface area contributed by atoms with Gasteiger partial charge in [0.05, 0.1) is 0 Å². The van der Waals surface area contributed by atoms with Gasteiger partial charge in [-0.15, -0.1) is 0 Å². The number of nitrogens with one attached hydrogen (secondary N) is 1. The predicted molar refractivity (Wildman–Crippen MR) is 96.3 cm³/mol. The van der Waals surface area contributed by atoms with Gasteiger partial charge in [-0.2, -0.15) is 0 Å². The van der Waals surface area contributed by atoms with Crippen molar-refractivity contribution in [3.63, 3.8) is 0 Å². The van der Waals surface area contributed by atoms with Crippen molar-refractivity contribution in [1.29, 1.82) is 0 Å². The van der Waals surface area contributed by atoms with Crippen molar-refractivity contribution in [2.75, 3.05) is 0 Å². The molecule has 26 heavy (non-hydrogen) atoms. The third kappa shape index (κ3) is 2.58. The molecule has 1 amide bonds. The zero-order valence-corrected chi connectivity index (χ0v) is 14.7. The first-order chi connectivity index (χ1) is 12.3. The third-order valence-electron chi connectivity index (χ3n) is 5.29. The number of nitrogens with zero attached hydrogens (tertiary/aromatic N) is 1. The molecule has 1 aliphatic carbocycles. The summed E-state index contributed by atoms with van der Waals surface area (Å²) in [5.41, 5.74) is -1.60. The average Bonchev–Trinajstić information content (AvgIpc) is 2.95. The third-order valence-corrected chi connectivity index (χ3v) is 5.29. The van der Waals surface area contributed by atoms with Gasteiger partial charge in [0.25, 0.3) is 0 Å². The van der Waals surface area contributed by atoms with Crippen molar-refractivity contribution in [2.24, 2.45) is 5.41 Å². The molecule has 0 bridgehead atoms. The highest BCUT2D eigenvalue weighted by Crippen LogP contribution is 2.46. The maximum absolute atomic E-state index is 13.2. The monoisotopic (exact) mass is 352 g/mol. The van der Waals surface area contributed by atoms with E-state index < -0.39 is 27.6 Å². The smallest absolute Gasteiger partial charge is 0.242 e. The Kier molecular flexibility index (Phi) is 4.36. The van der Waals surface area contributed by atoms with Crippen molar-refractivity contribution < 1.29 is 14.5 Å². The lowest BCUT2D eigenvalue weighted by atomic mass is 9.67. The molecule has 0 fully saturated rings. The molecule has 2 aromatic rings. The summed E-state index contributed by atoms with van der Waals surface area (Å²) in [6.07, 6.45) is 0.0244. The number of nitro groups is 1. The van der Waals surface area contributed by atoms with Gasteiger partial charge in [-0.05, 0) is 11.1 Å². The second kappa shape index (κ2) is 6.37. The van der Waals surface area contributed by atoms with Gasteiger partial charge in [0.2, 0.25) is 11.4 Å². The van der Waals surface area contributed by atoms with E-state index in [-0.39, 0.29) is 13.0 Å². The van der Waals surface area contributed by atoms with E-state index in [1.165, 1.54) is 13.8 Å². The first-order valence-corrected chi connectivity index (χ1v) is 8.40. The maximum atomic E-state index is 13.2. The van der Waals surface area contributed by atoms with Gasteiger partial charge in [-0.1, -0.05) is 54.6 Å². The van der Waals surface area contributed by atoms with Crippen LogP contribution in [0.2, 0.25) is 0 Å². The number of amides is 1. The van der Waals surface area contributed by atoms with Crippen LogP contribution < -0.4 is 5.32 Å². The normalized spacial score (nSPS) is 19.1. The molecule has 0 aliphatic heterocycles. The van der Waals surface area contributed by atoms with Crippen LogP contribution in [0.15, 0.2) is 54.6 Å². The van der Waals surface area contributed by atoms with E-state index in [0.717, 1.165) is 5.56 Å². The van der Waals surface area contributed by atoms with Crippen molar-refractivity contribution >= 4 is 11.7 Å². The average molecular weight is 352 g/mol. The van der Waals surface area contributed by atoms with Gasteiger partial charge in [0.15, 0.2) is 11.2 Å². The summed E-state index contributed by atoms with van der Waals surface area (Å²) in [5, 5.41) is 14.5. The molecular formula is C20H20N2O4. The minimum absolute atomic E-state index is 0.0244. The second-order valence-electron chi connectivity index (χ2n) is 7.05. The minimum Gasteiger partial charge on any atom is -0.351 e. The predicted octanol–water partition coefficient (Wildman–Crippen LogP) is 2.78. The van der Waals surface area contributed by atoms with E-state index in [1.807, 2.05) is 30.3 Å². The van der Waals surface area contributed by atoms with Crippen molar-refractivity contribution in [2.45, 2.75) is 32.4 Å². The highest BCUT2D eigenvalue weighted by Gasteiger charge is 2.67. The Labute approximate surface area is 151 Å². The molecule has 1 aliphatic rings. The first kappa shape index (κ1) is 17.8. The number of Topliss-reactive ketones (excluding diaryl/α,β-unsaturated/α-hetero) is 1. The Bertz CT molecular complexity index is 876. The number of hydrogen-bond acceptors (Lipinski definition) is 4. The summed E-state index contributed by atoms with van der Waals surface area (Å²) in [7, 11) is 0. The molecule has 0 spiro atoms. The fourth-order valence-corrected chi connectivity index (χ4v) is 3.53. The van der Waals surface area contributed by atoms with Crippen LogP contribution in [0.3, 0.4) is 0 Å². The van der Waals surface area contributed by atoms with Gasteiger partial charge in [-0.25, -0.2) is 0 Å². The van der Waals surface area contributed by atoms with E-state index in [1.54, 1.807) is 24.3 Å². The molecule has 1 N–H and O–H groups in total. The lowest BCUT2D eigenvalue weighted by molar-refractivity contribution is -0.573. The number of fused-ring (bicyclic) bond motifs is 1. The molecule has 3 rings (SSSR count). The van der Waals surface area contributed by atoms with E-state index in [4.69, 9.17) is 0 Å². The summed E-state index contributed by atoms with van der Waals surface area (Å²) in [6, 6.07) is 16.1. The van der Waals surface area contributed by atoms with Crippen LogP contribution in [-0.2, 0) is 17.8 Å². The van der Waals surface area contributed by atoms with E-state index in [2.05, 4.69) is 5.32 Å². The van der Waals surface area contributed by atoms with E-state index in [0.29, 0.717) is 11.1 Å². The number of hydrogen-bond donors (Lipinski definition) is 1. The highest BCUT2D eigenvalue weighted by atomic mass is 16.6. The summed E-state index contributed by atoms with van der Waals surface area (Å²) >= 11 is 0. The largest absolute Gasteiger partial charge is 0.351 e. The van der Waals surface area contributed by atoms with Crippen LogP contribution in [0.5, 0.6) is 0 Å². The molecule has 6 nitrogen and oxygen atoms in total. The maximum Gasteiger partial charge on any atom is 0.242 e. The zero-order chi connectivity index (χ0) is 18.9. The molecule has 0 saturated heterocycles. The molecule has 1 unspecified atom stereocenters. The van der Waals surface area contributed by atoms with Crippen LogP contribution in [0.25, 0.3) is 0 Å². The topological polar surface area (TPSA) is 89.3 Å². The van der Waals surface area contributed by atoms with Crippen LogP contribution >= 0.6 is 0 Å². The quantitative estimate of drug-likeness (QED) is 0.509. The number of ketones is 1. The van der Waals surface area contributed by atoms with Crippen LogP contribution in [-0.4, -0.2) is 22.2 Å².